The molecular formula is C54H41N. The van der Waals surface area contributed by atoms with E-state index in [1.807, 2.05) is 0 Å². The molecular weight excluding hydrogens is 663 g/mol. The van der Waals surface area contributed by atoms with Gasteiger partial charge in [0.2, 0.25) is 0 Å². The van der Waals surface area contributed by atoms with Crippen LogP contribution in [0.1, 0.15) is 30.5 Å². The number of fused-ring (bicyclic) bond motifs is 5. The van der Waals surface area contributed by atoms with E-state index >= 15 is 0 Å². The maximum Gasteiger partial charge on any atom is 0.0546 e. The molecule has 1 aliphatic rings. The lowest BCUT2D eigenvalue weighted by Crippen LogP contribution is -2.17. The third kappa shape index (κ3) is 5.55. The molecule has 262 valence electrons. The summed E-state index contributed by atoms with van der Waals surface area (Å²) in [6, 6.07) is 71.8. The molecule has 0 fully saturated rings. The van der Waals surface area contributed by atoms with E-state index in [0.717, 1.165) is 17.1 Å². The van der Waals surface area contributed by atoms with E-state index in [1.54, 1.807) is 0 Å². The molecule has 9 aromatic rings. The van der Waals surface area contributed by atoms with Crippen molar-refractivity contribution in [2.24, 2.45) is 0 Å². The van der Waals surface area contributed by atoms with Crippen molar-refractivity contribution in [2.75, 3.05) is 4.90 Å². The first-order chi connectivity index (χ1) is 26.9. The average Bonchev–Trinajstić information content (AvgIpc) is 3.46. The summed E-state index contributed by atoms with van der Waals surface area (Å²) in [4.78, 5) is 2.49. The van der Waals surface area contributed by atoms with Crippen LogP contribution in [0.3, 0.4) is 0 Å². The van der Waals surface area contributed by atoms with Gasteiger partial charge in [0.1, 0.15) is 0 Å². The second-order valence-electron chi connectivity index (χ2n) is 15.4. The zero-order valence-corrected chi connectivity index (χ0v) is 31.4. The van der Waals surface area contributed by atoms with Gasteiger partial charge in [0, 0.05) is 22.4 Å². The number of aryl methyl sites for hydroxylation is 1. The van der Waals surface area contributed by atoms with Crippen molar-refractivity contribution >= 4 is 38.6 Å². The lowest BCUT2D eigenvalue weighted by molar-refractivity contribution is 0.660. The minimum absolute atomic E-state index is 0.131. The molecule has 0 atom stereocenters. The molecule has 0 N–H and O–H groups in total. The molecule has 55 heavy (non-hydrogen) atoms. The second-order valence-corrected chi connectivity index (χ2v) is 15.4. The first kappa shape index (κ1) is 32.9. The molecule has 1 nitrogen and oxygen atoms in total. The Kier molecular flexibility index (Phi) is 7.78. The van der Waals surface area contributed by atoms with Crippen molar-refractivity contribution in [3.05, 3.63) is 211 Å². The molecule has 0 radical (unpaired) electrons. The molecule has 0 saturated heterocycles. The number of anilines is 3. The molecule has 0 aromatic heterocycles. The Morgan fingerprint density at radius 1 is 0.382 bits per heavy atom. The Morgan fingerprint density at radius 2 is 1.02 bits per heavy atom. The summed E-state index contributed by atoms with van der Waals surface area (Å²) < 4.78 is 0. The normalized spacial score (nSPS) is 12.8. The number of benzene rings is 9. The van der Waals surface area contributed by atoms with Crippen molar-refractivity contribution in [1.29, 1.82) is 0 Å². The molecule has 0 bridgehead atoms. The molecule has 1 aliphatic carbocycles. The van der Waals surface area contributed by atoms with Crippen LogP contribution in [-0.2, 0) is 5.41 Å². The van der Waals surface area contributed by atoms with Gasteiger partial charge >= 0.3 is 0 Å². The van der Waals surface area contributed by atoms with E-state index in [0.29, 0.717) is 0 Å². The molecule has 0 heterocycles. The van der Waals surface area contributed by atoms with Crippen molar-refractivity contribution in [1.82, 2.24) is 0 Å². The summed E-state index contributed by atoms with van der Waals surface area (Å²) in [6.45, 7) is 6.90. The number of nitrogens with zero attached hydrogens (tertiary/aromatic N) is 1. The molecule has 9 aromatic carbocycles. The van der Waals surface area contributed by atoms with E-state index < -0.39 is 0 Å². The zero-order chi connectivity index (χ0) is 37.1. The van der Waals surface area contributed by atoms with Crippen LogP contribution in [0.15, 0.2) is 194 Å². The van der Waals surface area contributed by atoms with Gasteiger partial charge in [-0.2, -0.15) is 0 Å². The van der Waals surface area contributed by atoms with Gasteiger partial charge in [-0.05, 0) is 115 Å². The fourth-order valence-corrected chi connectivity index (χ4v) is 8.92. The van der Waals surface area contributed by atoms with Crippen LogP contribution in [0, 0.1) is 6.92 Å². The molecule has 0 unspecified atom stereocenters. The van der Waals surface area contributed by atoms with Gasteiger partial charge in [0.05, 0.1) is 5.69 Å². The third-order valence-electron chi connectivity index (χ3n) is 11.7. The van der Waals surface area contributed by atoms with Gasteiger partial charge in [0.15, 0.2) is 0 Å². The van der Waals surface area contributed by atoms with Gasteiger partial charge in [-0.15, -0.1) is 0 Å². The van der Waals surface area contributed by atoms with E-state index in [1.165, 1.54) is 82.7 Å². The minimum Gasteiger partial charge on any atom is -0.310 e. The number of hydrogen-bond donors (Lipinski definition) is 0. The maximum atomic E-state index is 2.49. The number of rotatable bonds is 6. The van der Waals surface area contributed by atoms with Gasteiger partial charge in [0.25, 0.3) is 0 Å². The van der Waals surface area contributed by atoms with E-state index in [4.69, 9.17) is 0 Å². The standard InChI is InChI=1S/C54H41N/c1-36-23-24-39-25-26-41(34-42(39)33-36)46-19-12-22-52(53(46)49-20-11-16-40-15-7-8-17-45(40)49)55(43-29-27-38(28-30-43)37-13-5-4-6-14-37)44-31-32-48-47-18-9-10-21-50(47)54(2,3)51(48)35-44/h4-35H,1-3H3. The zero-order valence-electron chi connectivity index (χ0n) is 31.4. The summed E-state index contributed by atoms with van der Waals surface area (Å²) >= 11 is 0. The molecule has 0 saturated carbocycles. The lowest BCUT2D eigenvalue weighted by Gasteiger charge is -2.31. The Bertz CT molecular complexity index is 2890. The van der Waals surface area contributed by atoms with Gasteiger partial charge < -0.3 is 4.90 Å². The van der Waals surface area contributed by atoms with Crippen LogP contribution in [0.4, 0.5) is 17.1 Å². The van der Waals surface area contributed by atoms with E-state index in [9.17, 15) is 0 Å². The Balaban J connectivity index is 1.25. The summed E-state index contributed by atoms with van der Waals surface area (Å²) in [5.74, 6) is 0. The highest BCUT2D eigenvalue weighted by Gasteiger charge is 2.36. The predicted octanol–water partition coefficient (Wildman–Crippen LogP) is 15.1. The summed E-state index contributed by atoms with van der Waals surface area (Å²) in [6.07, 6.45) is 0. The van der Waals surface area contributed by atoms with Crippen molar-refractivity contribution in [2.45, 2.75) is 26.2 Å². The summed E-state index contributed by atoms with van der Waals surface area (Å²) in [5, 5.41) is 4.96. The van der Waals surface area contributed by atoms with Crippen LogP contribution in [0.5, 0.6) is 0 Å². The van der Waals surface area contributed by atoms with Crippen molar-refractivity contribution < 1.29 is 0 Å². The third-order valence-corrected chi connectivity index (χ3v) is 11.7. The topological polar surface area (TPSA) is 3.24 Å². The Morgan fingerprint density at radius 3 is 1.89 bits per heavy atom. The Labute approximate surface area is 323 Å². The Hall–Kier alpha value is -6.70. The summed E-state index contributed by atoms with van der Waals surface area (Å²) in [5.41, 5.74) is 17.1. The molecule has 1 heteroatoms. The lowest BCUT2D eigenvalue weighted by atomic mass is 9.82. The van der Waals surface area contributed by atoms with Crippen molar-refractivity contribution in [3.8, 4) is 44.5 Å². The molecule has 0 spiro atoms. The van der Waals surface area contributed by atoms with Gasteiger partial charge in [-0.3, -0.25) is 0 Å². The highest BCUT2D eigenvalue weighted by Crippen LogP contribution is 2.52. The molecule has 0 aliphatic heterocycles. The van der Waals surface area contributed by atoms with E-state index in [-0.39, 0.29) is 5.41 Å². The maximum absolute atomic E-state index is 2.49. The SMILES string of the molecule is Cc1ccc2ccc(-c3cccc(N(c4ccc(-c5ccccc5)cc4)c4ccc5c(c4)C(C)(C)c4ccccc4-5)c3-c3cccc4ccccc34)cc2c1. The van der Waals surface area contributed by atoms with Crippen LogP contribution in [-0.4, -0.2) is 0 Å². The monoisotopic (exact) mass is 703 g/mol. The van der Waals surface area contributed by atoms with Gasteiger partial charge in [-0.25, -0.2) is 0 Å². The molecule has 10 rings (SSSR count). The smallest absolute Gasteiger partial charge is 0.0546 e. The summed E-state index contributed by atoms with van der Waals surface area (Å²) in [7, 11) is 0. The van der Waals surface area contributed by atoms with Crippen LogP contribution in [0.25, 0.3) is 66.1 Å². The van der Waals surface area contributed by atoms with Crippen LogP contribution < -0.4 is 4.90 Å². The van der Waals surface area contributed by atoms with Crippen LogP contribution in [0.2, 0.25) is 0 Å². The number of hydrogen-bond acceptors (Lipinski definition) is 1. The quantitative estimate of drug-likeness (QED) is 0.167. The first-order valence-electron chi connectivity index (χ1n) is 19.3. The fourth-order valence-electron chi connectivity index (χ4n) is 8.92. The highest BCUT2D eigenvalue weighted by atomic mass is 15.1. The second kappa shape index (κ2) is 13.0. The van der Waals surface area contributed by atoms with Crippen molar-refractivity contribution in [3.63, 3.8) is 0 Å². The van der Waals surface area contributed by atoms with E-state index in [2.05, 4.69) is 220 Å². The van der Waals surface area contributed by atoms with Crippen LogP contribution >= 0.6 is 0 Å². The minimum atomic E-state index is -0.131. The molecule has 0 amide bonds. The fraction of sp³-hybridized carbons (Fsp3) is 0.0741. The highest BCUT2D eigenvalue weighted by molar-refractivity contribution is 6.07. The van der Waals surface area contributed by atoms with Gasteiger partial charge in [-0.1, -0.05) is 177 Å². The average molecular weight is 704 g/mol. The first-order valence-corrected chi connectivity index (χ1v) is 19.3. The predicted molar refractivity (Wildman–Crippen MR) is 235 cm³/mol. The largest absolute Gasteiger partial charge is 0.310 e.